The molecule has 0 atom stereocenters. The Morgan fingerprint density at radius 2 is 1.72 bits per heavy atom. The molecule has 132 valence electrons. The minimum absolute atomic E-state index is 0. The molecule has 0 aromatic heterocycles. The molecule has 0 aliphatic heterocycles. The van der Waals surface area contributed by atoms with E-state index < -0.39 is 0 Å². The van der Waals surface area contributed by atoms with Crippen molar-refractivity contribution in [3.8, 4) is 17.6 Å². The number of methoxy groups -OCH3 is 2. The Bertz CT molecular complexity index is 755. The molecule has 0 aliphatic carbocycles. The van der Waals surface area contributed by atoms with Crippen LogP contribution in [-0.4, -0.2) is 20.2 Å². The molecule has 2 rings (SSSR count). The fraction of sp³-hybridized carbons (Fsp3) is 0.222. The average molecular weight is 452 g/mol. The van der Waals surface area contributed by atoms with Gasteiger partial charge in [-0.3, -0.25) is 0 Å². The van der Waals surface area contributed by atoms with E-state index in [1.54, 1.807) is 26.4 Å². The normalized spacial score (nSPS) is 10.4. The molecular formula is C18H21IN4O2. The first-order chi connectivity index (χ1) is 11.7. The monoisotopic (exact) mass is 452 g/mol. The van der Waals surface area contributed by atoms with Gasteiger partial charge in [0.15, 0.2) is 17.5 Å². The fourth-order valence-electron chi connectivity index (χ4n) is 2.10. The Kier molecular flexibility index (Phi) is 8.56. The van der Waals surface area contributed by atoms with Gasteiger partial charge < -0.3 is 20.5 Å². The van der Waals surface area contributed by atoms with E-state index in [0.717, 1.165) is 11.1 Å². The van der Waals surface area contributed by atoms with Gasteiger partial charge in [0.1, 0.15) is 0 Å². The highest BCUT2D eigenvalue weighted by Crippen LogP contribution is 2.27. The molecule has 0 saturated heterocycles. The Hall–Kier alpha value is -2.47. The van der Waals surface area contributed by atoms with Crippen LogP contribution in [0.5, 0.6) is 11.5 Å². The molecule has 0 unspecified atom stereocenters. The molecule has 0 fully saturated rings. The highest BCUT2D eigenvalue weighted by Gasteiger charge is 2.04. The highest BCUT2D eigenvalue weighted by atomic mass is 127. The van der Waals surface area contributed by atoms with Gasteiger partial charge in [-0.05, 0) is 35.4 Å². The predicted molar refractivity (Wildman–Crippen MR) is 108 cm³/mol. The number of aliphatic imine (C=N–C) groups is 1. The summed E-state index contributed by atoms with van der Waals surface area (Å²) in [7, 11) is 3.19. The number of nitrogens with one attached hydrogen (secondary N) is 1. The summed E-state index contributed by atoms with van der Waals surface area (Å²) in [5.74, 6) is 1.70. The highest BCUT2D eigenvalue weighted by molar-refractivity contribution is 14.0. The van der Waals surface area contributed by atoms with Crippen LogP contribution in [0.15, 0.2) is 47.5 Å². The van der Waals surface area contributed by atoms with Crippen LogP contribution in [0.25, 0.3) is 0 Å². The number of guanidine groups is 1. The van der Waals surface area contributed by atoms with Gasteiger partial charge in [-0.2, -0.15) is 5.26 Å². The van der Waals surface area contributed by atoms with Crippen molar-refractivity contribution >= 4 is 29.9 Å². The molecule has 0 heterocycles. The lowest BCUT2D eigenvalue weighted by molar-refractivity contribution is 0.354. The van der Waals surface area contributed by atoms with Crippen LogP contribution in [0.1, 0.15) is 16.7 Å². The largest absolute Gasteiger partial charge is 0.493 e. The first kappa shape index (κ1) is 20.6. The number of ether oxygens (including phenoxy) is 2. The molecule has 25 heavy (non-hydrogen) atoms. The number of benzene rings is 2. The molecule has 2 aromatic rings. The zero-order valence-electron chi connectivity index (χ0n) is 14.2. The van der Waals surface area contributed by atoms with Crippen molar-refractivity contribution in [2.24, 2.45) is 10.7 Å². The third-order valence-corrected chi connectivity index (χ3v) is 3.44. The smallest absolute Gasteiger partial charge is 0.189 e. The van der Waals surface area contributed by atoms with E-state index in [1.165, 1.54) is 0 Å². The van der Waals surface area contributed by atoms with Crippen molar-refractivity contribution in [2.75, 3.05) is 14.2 Å². The number of hydrogen-bond donors (Lipinski definition) is 2. The number of hydrogen-bond acceptors (Lipinski definition) is 4. The summed E-state index contributed by atoms with van der Waals surface area (Å²) in [5.41, 5.74) is 8.51. The molecule has 2 aromatic carbocycles. The second-order valence-corrected chi connectivity index (χ2v) is 5.05. The van der Waals surface area contributed by atoms with E-state index in [2.05, 4.69) is 16.4 Å². The number of nitrogens with two attached hydrogens (primary N) is 1. The van der Waals surface area contributed by atoms with Crippen LogP contribution in [0.4, 0.5) is 0 Å². The number of nitrogens with zero attached hydrogens (tertiary/aromatic N) is 2. The van der Waals surface area contributed by atoms with Crippen LogP contribution in [0, 0.1) is 11.3 Å². The third-order valence-electron chi connectivity index (χ3n) is 3.44. The summed E-state index contributed by atoms with van der Waals surface area (Å²) < 4.78 is 10.5. The van der Waals surface area contributed by atoms with Crippen LogP contribution >= 0.6 is 24.0 Å². The van der Waals surface area contributed by atoms with Crippen molar-refractivity contribution in [1.29, 1.82) is 5.26 Å². The van der Waals surface area contributed by atoms with Gasteiger partial charge in [0.2, 0.25) is 0 Å². The molecular weight excluding hydrogens is 431 g/mol. The summed E-state index contributed by atoms with van der Waals surface area (Å²) in [6.45, 7) is 0.986. The fourth-order valence-corrected chi connectivity index (χ4v) is 2.10. The SMILES string of the molecule is COc1ccc(CN=C(N)NCc2ccc(C#N)cc2)cc1OC.I. The van der Waals surface area contributed by atoms with Gasteiger partial charge in [0.05, 0.1) is 32.4 Å². The van der Waals surface area contributed by atoms with Gasteiger partial charge in [-0.15, -0.1) is 24.0 Å². The maximum Gasteiger partial charge on any atom is 0.189 e. The molecule has 3 N–H and O–H groups in total. The lowest BCUT2D eigenvalue weighted by Crippen LogP contribution is -2.31. The van der Waals surface area contributed by atoms with E-state index in [1.807, 2.05) is 30.3 Å². The van der Waals surface area contributed by atoms with Crippen molar-refractivity contribution in [3.63, 3.8) is 0 Å². The van der Waals surface area contributed by atoms with Crippen LogP contribution in [0.3, 0.4) is 0 Å². The first-order valence-electron chi connectivity index (χ1n) is 7.40. The van der Waals surface area contributed by atoms with Gasteiger partial charge in [0, 0.05) is 6.54 Å². The van der Waals surface area contributed by atoms with Crippen LogP contribution in [-0.2, 0) is 13.1 Å². The zero-order valence-corrected chi connectivity index (χ0v) is 16.5. The first-order valence-corrected chi connectivity index (χ1v) is 7.40. The second kappa shape index (κ2) is 10.4. The summed E-state index contributed by atoms with van der Waals surface area (Å²) in [5, 5.41) is 11.8. The number of nitriles is 1. The zero-order chi connectivity index (χ0) is 17.4. The van der Waals surface area contributed by atoms with Crippen LogP contribution in [0.2, 0.25) is 0 Å². The summed E-state index contributed by atoms with van der Waals surface area (Å²) >= 11 is 0. The van der Waals surface area contributed by atoms with E-state index in [4.69, 9.17) is 20.5 Å². The quantitative estimate of drug-likeness (QED) is 0.400. The van der Waals surface area contributed by atoms with Gasteiger partial charge in [0.25, 0.3) is 0 Å². The van der Waals surface area contributed by atoms with E-state index in [0.29, 0.717) is 36.1 Å². The Morgan fingerprint density at radius 3 is 2.32 bits per heavy atom. The molecule has 0 spiro atoms. The summed E-state index contributed by atoms with van der Waals surface area (Å²) in [6.07, 6.45) is 0. The van der Waals surface area contributed by atoms with Crippen molar-refractivity contribution in [3.05, 3.63) is 59.2 Å². The average Bonchev–Trinajstić information content (AvgIpc) is 2.64. The standard InChI is InChI=1S/C18H20N4O2.HI/c1-23-16-8-7-15(9-17(16)24-2)12-22-18(20)21-11-14-5-3-13(10-19)4-6-14;/h3-9H,11-12H2,1-2H3,(H3,20,21,22);1H. The van der Waals surface area contributed by atoms with E-state index >= 15 is 0 Å². The maximum absolute atomic E-state index is 8.77. The Balaban J connectivity index is 0.00000312. The predicted octanol–water partition coefficient (Wildman–Crippen LogP) is 2.80. The Labute approximate surface area is 164 Å². The molecule has 0 amide bonds. The van der Waals surface area contributed by atoms with E-state index in [9.17, 15) is 0 Å². The lowest BCUT2D eigenvalue weighted by Gasteiger charge is -2.09. The number of rotatable bonds is 6. The summed E-state index contributed by atoms with van der Waals surface area (Å²) in [6, 6.07) is 15.0. The minimum atomic E-state index is 0. The molecule has 0 aliphatic rings. The maximum atomic E-state index is 8.77. The lowest BCUT2D eigenvalue weighted by atomic mass is 10.1. The molecule has 6 nitrogen and oxygen atoms in total. The van der Waals surface area contributed by atoms with Gasteiger partial charge >= 0.3 is 0 Å². The van der Waals surface area contributed by atoms with Crippen molar-refractivity contribution in [1.82, 2.24) is 5.32 Å². The van der Waals surface area contributed by atoms with Gasteiger partial charge in [-0.1, -0.05) is 18.2 Å². The number of halogens is 1. The molecule has 0 radical (unpaired) electrons. The van der Waals surface area contributed by atoms with Crippen molar-refractivity contribution < 1.29 is 9.47 Å². The van der Waals surface area contributed by atoms with E-state index in [-0.39, 0.29) is 24.0 Å². The third kappa shape index (κ3) is 6.15. The Morgan fingerprint density at radius 1 is 1.08 bits per heavy atom. The van der Waals surface area contributed by atoms with Crippen molar-refractivity contribution in [2.45, 2.75) is 13.1 Å². The molecule has 0 bridgehead atoms. The second-order valence-electron chi connectivity index (χ2n) is 5.05. The minimum Gasteiger partial charge on any atom is -0.493 e. The van der Waals surface area contributed by atoms with Crippen LogP contribution < -0.4 is 20.5 Å². The van der Waals surface area contributed by atoms with Gasteiger partial charge in [-0.25, -0.2) is 4.99 Å². The molecule has 0 saturated carbocycles. The summed E-state index contributed by atoms with van der Waals surface area (Å²) in [4.78, 5) is 4.31. The topological polar surface area (TPSA) is 92.7 Å². The molecule has 7 heteroatoms.